The quantitative estimate of drug-likeness (QED) is 0.425. The molecule has 5 nitrogen and oxygen atoms in total. The molecule has 1 fully saturated rings. The van der Waals surface area contributed by atoms with Gasteiger partial charge >= 0.3 is 0 Å². The van der Waals surface area contributed by atoms with Crippen LogP contribution in [0.4, 0.5) is 11.4 Å². The van der Waals surface area contributed by atoms with E-state index in [0.717, 1.165) is 41.8 Å². The van der Waals surface area contributed by atoms with Crippen molar-refractivity contribution in [2.45, 2.75) is 32.8 Å². The van der Waals surface area contributed by atoms with Gasteiger partial charge in [0.1, 0.15) is 5.69 Å². The fourth-order valence-corrected chi connectivity index (χ4v) is 2.98. The zero-order chi connectivity index (χ0) is 15.4. The monoisotopic (exact) mass is 404 g/mol. The number of anilines is 1. The van der Waals surface area contributed by atoms with E-state index in [1.165, 1.54) is 0 Å². The average molecular weight is 404 g/mol. The van der Waals surface area contributed by atoms with Gasteiger partial charge in [0.05, 0.1) is 11.0 Å². The van der Waals surface area contributed by atoms with Crippen LogP contribution in [0.25, 0.3) is 0 Å². The first-order valence-corrected chi connectivity index (χ1v) is 8.35. The van der Waals surface area contributed by atoms with Crippen molar-refractivity contribution in [3.05, 3.63) is 31.9 Å². The van der Waals surface area contributed by atoms with Crippen LogP contribution in [-0.4, -0.2) is 30.7 Å². The van der Waals surface area contributed by atoms with Gasteiger partial charge in [-0.25, -0.2) is 0 Å². The van der Waals surface area contributed by atoms with Gasteiger partial charge < -0.3 is 9.64 Å². The van der Waals surface area contributed by atoms with E-state index >= 15 is 0 Å². The number of benzene rings is 1. The molecule has 1 aliphatic heterocycles. The minimum atomic E-state index is -0.293. The summed E-state index contributed by atoms with van der Waals surface area (Å²) < 4.78 is 6.75. The molecule has 21 heavy (non-hydrogen) atoms. The molecular weight excluding hydrogens is 383 g/mol. The van der Waals surface area contributed by atoms with Gasteiger partial charge in [0.2, 0.25) is 0 Å². The summed E-state index contributed by atoms with van der Waals surface area (Å²) in [6.07, 6.45) is 2.14. The number of nitro benzene ring substituents is 1. The molecule has 1 saturated heterocycles. The molecule has 0 saturated carbocycles. The van der Waals surface area contributed by atoms with E-state index in [0.29, 0.717) is 5.92 Å². The number of piperidine rings is 1. The van der Waals surface area contributed by atoms with Crippen molar-refractivity contribution in [2.24, 2.45) is 5.92 Å². The second kappa shape index (κ2) is 7.40. The Bertz CT molecular complexity index is 500. The fraction of sp³-hybridized carbons (Fsp3) is 0.600. The van der Waals surface area contributed by atoms with Crippen molar-refractivity contribution in [1.29, 1.82) is 0 Å². The van der Waals surface area contributed by atoms with Gasteiger partial charge in [0, 0.05) is 29.3 Å². The summed E-state index contributed by atoms with van der Waals surface area (Å²) >= 11 is 2.10. The lowest BCUT2D eigenvalue weighted by Crippen LogP contribution is -2.37. The average Bonchev–Trinajstić information content (AvgIpc) is 2.45. The summed E-state index contributed by atoms with van der Waals surface area (Å²) in [5.74, 6) is 0.542. The van der Waals surface area contributed by atoms with Crippen molar-refractivity contribution >= 4 is 34.0 Å². The maximum Gasteiger partial charge on any atom is 0.293 e. The zero-order valence-corrected chi connectivity index (χ0v) is 14.6. The van der Waals surface area contributed by atoms with Gasteiger partial charge in [-0.1, -0.05) is 13.8 Å². The van der Waals surface area contributed by atoms with Crippen LogP contribution in [0.2, 0.25) is 0 Å². The van der Waals surface area contributed by atoms with Gasteiger partial charge in [-0.3, -0.25) is 10.1 Å². The molecule has 0 aromatic heterocycles. The molecule has 0 radical (unpaired) electrons. The van der Waals surface area contributed by atoms with Gasteiger partial charge in [-0.05, 0) is 53.5 Å². The minimum absolute atomic E-state index is 0.198. The molecule has 1 aliphatic rings. The number of rotatable bonds is 5. The standard InChI is InChI=1S/C15H21IN2O3/c1-11(2)10-21-13-5-7-17(8-6-13)14-4-3-12(16)9-15(14)18(19)20/h3-4,9,11,13H,5-8,10H2,1-2H3. The van der Waals surface area contributed by atoms with Crippen molar-refractivity contribution in [3.63, 3.8) is 0 Å². The Balaban J connectivity index is 2.01. The van der Waals surface area contributed by atoms with E-state index in [2.05, 4.69) is 41.3 Å². The molecule has 1 aromatic rings. The Morgan fingerprint density at radius 2 is 2.10 bits per heavy atom. The number of hydrogen-bond acceptors (Lipinski definition) is 4. The Morgan fingerprint density at radius 1 is 1.43 bits per heavy atom. The first kappa shape index (κ1) is 16.5. The van der Waals surface area contributed by atoms with Gasteiger partial charge in [-0.2, -0.15) is 0 Å². The Kier molecular flexibility index (Phi) is 5.80. The Labute approximate surface area is 138 Å². The summed E-state index contributed by atoms with van der Waals surface area (Å²) in [6, 6.07) is 5.41. The van der Waals surface area contributed by atoms with E-state index in [1.54, 1.807) is 6.07 Å². The third-order valence-electron chi connectivity index (χ3n) is 3.58. The highest BCUT2D eigenvalue weighted by Crippen LogP contribution is 2.32. The first-order valence-electron chi connectivity index (χ1n) is 7.28. The maximum absolute atomic E-state index is 11.2. The molecule has 0 amide bonds. The lowest BCUT2D eigenvalue weighted by atomic mass is 10.1. The van der Waals surface area contributed by atoms with Crippen molar-refractivity contribution in [1.82, 2.24) is 0 Å². The molecule has 0 aliphatic carbocycles. The van der Waals surface area contributed by atoms with Gasteiger partial charge in [0.15, 0.2) is 0 Å². The normalized spacial score (nSPS) is 16.5. The summed E-state index contributed by atoms with van der Waals surface area (Å²) in [7, 11) is 0. The zero-order valence-electron chi connectivity index (χ0n) is 12.4. The fourth-order valence-electron chi connectivity index (χ4n) is 2.50. The van der Waals surface area contributed by atoms with Crippen molar-refractivity contribution < 1.29 is 9.66 Å². The summed E-state index contributed by atoms with van der Waals surface area (Å²) in [5.41, 5.74) is 0.922. The predicted molar refractivity (Wildman–Crippen MR) is 91.8 cm³/mol. The molecule has 1 aromatic carbocycles. The second-order valence-electron chi connectivity index (χ2n) is 5.80. The Morgan fingerprint density at radius 3 is 2.67 bits per heavy atom. The van der Waals surface area contributed by atoms with Crippen LogP contribution in [0.3, 0.4) is 0 Å². The molecule has 1 heterocycles. The molecule has 0 spiro atoms. The van der Waals surface area contributed by atoms with Crippen LogP contribution in [0.15, 0.2) is 18.2 Å². The molecule has 0 N–H and O–H groups in total. The van der Waals surface area contributed by atoms with E-state index in [1.807, 2.05) is 12.1 Å². The molecular formula is C15H21IN2O3. The number of halogens is 1. The SMILES string of the molecule is CC(C)COC1CCN(c2ccc(I)cc2[N+](=O)[O-])CC1. The Hall–Kier alpha value is -0.890. The molecule has 2 rings (SSSR count). The van der Waals surface area contributed by atoms with E-state index < -0.39 is 0 Å². The topological polar surface area (TPSA) is 55.6 Å². The third-order valence-corrected chi connectivity index (χ3v) is 4.25. The van der Waals surface area contributed by atoms with Crippen LogP contribution in [-0.2, 0) is 4.74 Å². The second-order valence-corrected chi connectivity index (χ2v) is 7.05. The third kappa shape index (κ3) is 4.54. The smallest absolute Gasteiger partial charge is 0.293 e. The van der Waals surface area contributed by atoms with Gasteiger partial charge in [-0.15, -0.1) is 0 Å². The molecule has 0 atom stereocenters. The minimum Gasteiger partial charge on any atom is -0.378 e. The van der Waals surface area contributed by atoms with Gasteiger partial charge in [0.25, 0.3) is 5.69 Å². The number of ether oxygens (including phenoxy) is 1. The summed E-state index contributed by atoms with van der Waals surface area (Å²) in [6.45, 7) is 6.69. The highest BCUT2D eigenvalue weighted by Gasteiger charge is 2.25. The first-order chi connectivity index (χ1) is 9.97. The van der Waals surface area contributed by atoms with Crippen molar-refractivity contribution in [3.8, 4) is 0 Å². The number of nitro groups is 1. The largest absolute Gasteiger partial charge is 0.378 e. The summed E-state index contributed by atoms with van der Waals surface area (Å²) in [5, 5.41) is 11.2. The van der Waals surface area contributed by atoms with E-state index in [4.69, 9.17) is 4.74 Å². The lowest BCUT2D eigenvalue weighted by Gasteiger charge is -2.33. The molecule has 116 valence electrons. The molecule has 0 bridgehead atoms. The molecule has 0 unspecified atom stereocenters. The highest BCUT2D eigenvalue weighted by molar-refractivity contribution is 14.1. The van der Waals surface area contributed by atoms with Crippen LogP contribution < -0.4 is 4.90 Å². The van der Waals surface area contributed by atoms with Crippen molar-refractivity contribution in [2.75, 3.05) is 24.6 Å². The van der Waals surface area contributed by atoms with E-state index in [9.17, 15) is 10.1 Å². The lowest BCUT2D eigenvalue weighted by molar-refractivity contribution is -0.384. The van der Waals surface area contributed by atoms with Crippen LogP contribution in [0, 0.1) is 19.6 Å². The summed E-state index contributed by atoms with van der Waals surface area (Å²) in [4.78, 5) is 13.0. The van der Waals surface area contributed by atoms with E-state index in [-0.39, 0.29) is 16.7 Å². The predicted octanol–water partition coefficient (Wildman–Crippen LogP) is 3.84. The van der Waals surface area contributed by atoms with Crippen LogP contribution in [0.1, 0.15) is 26.7 Å². The molecule has 6 heteroatoms. The number of hydrogen-bond donors (Lipinski definition) is 0. The van der Waals surface area contributed by atoms with Crippen LogP contribution in [0.5, 0.6) is 0 Å². The highest BCUT2D eigenvalue weighted by atomic mass is 127. The van der Waals surface area contributed by atoms with Crippen LogP contribution >= 0.6 is 22.6 Å². The number of nitrogens with zero attached hydrogens (tertiary/aromatic N) is 2. The maximum atomic E-state index is 11.2.